The average Bonchev–Trinajstić information content (AvgIpc) is 2.52. The first kappa shape index (κ1) is 9.38. The molecule has 0 aliphatic carbocycles. The maximum atomic E-state index is 5.40. The van der Waals surface area contributed by atoms with E-state index in [9.17, 15) is 0 Å². The number of nitrogens with one attached hydrogen (secondary N) is 1. The third-order valence-corrected chi connectivity index (χ3v) is 3.08. The third-order valence-electron chi connectivity index (χ3n) is 3.08. The predicted molar refractivity (Wildman–Crippen MR) is 59.1 cm³/mol. The molecule has 0 aromatic heterocycles. The summed E-state index contributed by atoms with van der Waals surface area (Å²) in [5.74, 6) is 1.60. The van der Waals surface area contributed by atoms with Crippen LogP contribution in [0.4, 0.5) is 5.69 Å². The van der Waals surface area contributed by atoms with Crippen molar-refractivity contribution in [2.45, 2.75) is 32.2 Å². The fourth-order valence-electron chi connectivity index (χ4n) is 2.38. The Labute approximate surface area is 85.3 Å². The van der Waals surface area contributed by atoms with Gasteiger partial charge in [-0.05, 0) is 25.5 Å². The Bertz CT molecular complexity index is 335. The van der Waals surface area contributed by atoms with Gasteiger partial charge in [-0.3, -0.25) is 0 Å². The summed E-state index contributed by atoms with van der Waals surface area (Å²) in [6, 6.07) is 6.73. The molecule has 0 saturated heterocycles. The van der Waals surface area contributed by atoms with Crippen molar-refractivity contribution in [3.05, 3.63) is 23.8 Å². The van der Waals surface area contributed by atoms with Gasteiger partial charge in [0.25, 0.3) is 0 Å². The smallest absolute Gasteiger partial charge is 0.124 e. The van der Waals surface area contributed by atoms with Crippen LogP contribution in [0.15, 0.2) is 18.2 Å². The van der Waals surface area contributed by atoms with Crippen LogP contribution in [0.1, 0.15) is 31.7 Å². The second-order valence-corrected chi connectivity index (χ2v) is 3.87. The van der Waals surface area contributed by atoms with Gasteiger partial charge < -0.3 is 10.1 Å². The number of ether oxygens (including phenoxy) is 1. The van der Waals surface area contributed by atoms with Crippen molar-refractivity contribution < 1.29 is 4.74 Å². The maximum absolute atomic E-state index is 5.40. The summed E-state index contributed by atoms with van der Waals surface area (Å²) in [6.07, 6.45) is 1.15. The predicted octanol–water partition coefficient (Wildman–Crippen LogP) is 3.00. The molecule has 1 heterocycles. The van der Waals surface area contributed by atoms with Gasteiger partial charge >= 0.3 is 0 Å². The van der Waals surface area contributed by atoms with Crippen LogP contribution in [0, 0.1) is 0 Å². The second kappa shape index (κ2) is 3.52. The number of rotatable bonds is 2. The summed E-state index contributed by atoms with van der Waals surface area (Å²) in [6.45, 7) is 4.46. The highest BCUT2D eigenvalue weighted by Crippen LogP contribution is 2.43. The first-order valence-corrected chi connectivity index (χ1v) is 5.21. The molecule has 0 saturated carbocycles. The Kier molecular flexibility index (Phi) is 2.36. The molecule has 2 atom stereocenters. The molecule has 1 aromatic rings. The van der Waals surface area contributed by atoms with E-state index >= 15 is 0 Å². The summed E-state index contributed by atoms with van der Waals surface area (Å²) in [7, 11) is 1.74. The standard InChI is InChI=1S/C12H17NO/c1-4-9-8(2)13-10-6-5-7-11(14-3)12(9)10/h5-9,13H,4H2,1-3H3. The Morgan fingerprint density at radius 3 is 2.86 bits per heavy atom. The minimum absolute atomic E-state index is 0.520. The largest absolute Gasteiger partial charge is 0.496 e. The number of fused-ring (bicyclic) bond motifs is 1. The lowest BCUT2D eigenvalue weighted by atomic mass is 9.93. The van der Waals surface area contributed by atoms with E-state index in [2.05, 4.69) is 25.2 Å². The quantitative estimate of drug-likeness (QED) is 0.776. The molecule has 1 N–H and O–H groups in total. The van der Waals surface area contributed by atoms with Crippen molar-refractivity contribution in [1.29, 1.82) is 0 Å². The monoisotopic (exact) mass is 191 g/mol. The first-order valence-electron chi connectivity index (χ1n) is 5.21. The molecular weight excluding hydrogens is 174 g/mol. The lowest BCUT2D eigenvalue weighted by Gasteiger charge is -2.15. The summed E-state index contributed by atoms with van der Waals surface area (Å²) >= 11 is 0. The Balaban J connectivity index is 2.48. The average molecular weight is 191 g/mol. The van der Waals surface area contributed by atoms with Gasteiger partial charge in [-0.1, -0.05) is 13.0 Å². The van der Waals surface area contributed by atoms with E-state index in [0.717, 1.165) is 12.2 Å². The van der Waals surface area contributed by atoms with Crippen molar-refractivity contribution in [2.24, 2.45) is 0 Å². The molecule has 2 heteroatoms. The first-order chi connectivity index (χ1) is 6.77. The Morgan fingerprint density at radius 1 is 1.43 bits per heavy atom. The van der Waals surface area contributed by atoms with E-state index < -0.39 is 0 Å². The molecule has 2 rings (SSSR count). The number of benzene rings is 1. The Morgan fingerprint density at radius 2 is 2.21 bits per heavy atom. The molecule has 0 spiro atoms. The number of hydrogen-bond acceptors (Lipinski definition) is 2. The van der Waals surface area contributed by atoms with Crippen molar-refractivity contribution in [3.8, 4) is 5.75 Å². The van der Waals surface area contributed by atoms with E-state index in [4.69, 9.17) is 4.74 Å². The number of methoxy groups -OCH3 is 1. The molecule has 76 valence electrons. The highest BCUT2D eigenvalue weighted by atomic mass is 16.5. The van der Waals surface area contributed by atoms with Gasteiger partial charge in [0, 0.05) is 23.2 Å². The summed E-state index contributed by atoms with van der Waals surface area (Å²) in [5.41, 5.74) is 2.59. The zero-order valence-electron chi connectivity index (χ0n) is 9.00. The molecule has 0 bridgehead atoms. The van der Waals surface area contributed by atoms with E-state index in [1.807, 2.05) is 12.1 Å². The molecule has 1 aliphatic heterocycles. The van der Waals surface area contributed by atoms with Gasteiger partial charge in [-0.25, -0.2) is 0 Å². The van der Waals surface area contributed by atoms with Crippen LogP contribution in [0.3, 0.4) is 0 Å². The van der Waals surface area contributed by atoms with Gasteiger partial charge in [-0.2, -0.15) is 0 Å². The molecule has 0 fully saturated rings. The Hall–Kier alpha value is -1.18. The molecule has 1 aliphatic rings. The van der Waals surface area contributed by atoms with Crippen LogP contribution < -0.4 is 10.1 Å². The van der Waals surface area contributed by atoms with Gasteiger partial charge in [0.1, 0.15) is 5.75 Å². The van der Waals surface area contributed by atoms with Crippen molar-refractivity contribution in [2.75, 3.05) is 12.4 Å². The third kappa shape index (κ3) is 1.26. The van der Waals surface area contributed by atoms with Crippen molar-refractivity contribution >= 4 is 5.69 Å². The molecule has 2 nitrogen and oxygen atoms in total. The molecule has 0 amide bonds. The highest BCUT2D eigenvalue weighted by Gasteiger charge is 2.30. The lowest BCUT2D eigenvalue weighted by molar-refractivity contribution is 0.405. The van der Waals surface area contributed by atoms with Crippen molar-refractivity contribution in [3.63, 3.8) is 0 Å². The summed E-state index contributed by atoms with van der Waals surface area (Å²) < 4.78 is 5.40. The van der Waals surface area contributed by atoms with E-state index in [0.29, 0.717) is 12.0 Å². The van der Waals surface area contributed by atoms with Crippen LogP contribution in [-0.4, -0.2) is 13.2 Å². The molecule has 1 aromatic carbocycles. The second-order valence-electron chi connectivity index (χ2n) is 3.87. The van der Waals surface area contributed by atoms with Gasteiger partial charge in [-0.15, -0.1) is 0 Å². The maximum Gasteiger partial charge on any atom is 0.124 e. The molecular formula is C12H17NO. The van der Waals surface area contributed by atoms with Crippen LogP contribution in [0.25, 0.3) is 0 Å². The van der Waals surface area contributed by atoms with E-state index in [1.165, 1.54) is 11.3 Å². The molecule has 14 heavy (non-hydrogen) atoms. The summed E-state index contributed by atoms with van der Waals surface area (Å²) in [4.78, 5) is 0. The highest BCUT2D eigenvalue weighted by molar-refractivity contribution is 5.64. The van der Waals surface area contributed by atoms with Gasteiger partial charge in [0.05, 0.1) is 7.11 Å². The number of hydrogen-bond donors (Lipinski definition) is 1. The van der Waals surface area contributed by atoms with Crippen LogP contribution in [-0.2, 0) is 0 Å². The number of anilines is 1. The van der Waals surface area contributed by atoms with Gasteiger partial charge in [0.15, 0.2) is 0 Å². The van der Waals surface area contributed by atoms with Gasteiger partial charge in [0.2, 0.25) is 0 Å². The molecule has 2 unspecified atom stereocenters. The lowest BCUT2D eigenvalue weighted by Crippen LogP contribution is -2.15. The van der Waals surface area contributed by atoms with E-state index in [1.54, 1.807) is 7.11 Å². The zero-order valence-corrected chi connectivity index (χ0v) is 9.00. The van der Waals surface area contributed by atoms with Crippen molar-refractivity contribution in [1.82, 2.24) is 0 Å². The zero-order chi connectivity index (χ0) is 10.1. The van der Waals surface area contributed by atoms with E-state index in [-0.39, 0.29) is 0 Å². The van der Waals surface area contributed by atoms with Crippen LogP contribution in [0.5, 0.6) is 5.75 Å². The normalized spacial score (nSPS) is 24.2. The summed E-state index contributed by atoms with van der Waals surface area (Å²) in [5, 5.41) is 3.49. The fourth-order valence-corrected chi connectivity index (χ4v) is 2.38. The van der Waals surface area contributed by atoms with Crippen LogP contribution in [0.2, 0.25) is 0 Å². The minimum atomic E-state index is 0.520. The fraction of sp³-hybridized carbons (Fsp3) is 0.500. The van der Waals surface area contributed by atoms with Crippen LogP contribution >= 0.6 is 0 Å². The SMILES string of the molecule is CCC1c2c(cccc2OC)NC1C. The molecule has 0 radical (unpaired) electrons. The minimum Gasteiger partial charge on any atom is -0.496 e. The topological polar surface area (TPSA) is 21.3 Å².